The number of aromatic amines is 3. The highest BCUT2D eigenvalue weighted by atomic mass is 16.5. The first-order chi connectivity index (χ1) is 28.5. The minimum absolute atomic E-state index is 0.121. The first kappa shape index (κ1) is 38.3. The molecule has 2 aromatic carbocycles. The van der Waals surface area contributed by atoms with Crippen molar-refractivity contribution < 1.29 is 23.7 Å². The fourth-order valence-electron chi connectivity index (χ4n) is 6.97. The molecule has 0 saturated heterocycles. The quantitative estimate of drug-likeness (QED) is 0.138. The Morgan fingerprint density at radius 1 is 0.627 bits per heavy atom. The molecule has 1 unspecified atom stereocenters. The van der Waals surface area contributed by atoms with Crippen LogP contribution in [0.2, 0.25) is 0 Å². The van der Waals surface area contributed by atoms with Crippen molar-refractivity contribution in [2.75, 3.05) is 35.0 Å². The van der Waals surface area contributed by atoms with Crippen molar-refractivity contribution in [3.8, 4) is 40.5 Å². The van der Waals surface area contributed by atoms with E-state index in [0.717, 1.165) is 11.1 Å². The van der Waals surface area contributed by atoms with Gasteiger partial charge in [-0.1, -0.05) is 0 Å². The molecule has 0 aliphatic heterocycles. The zero-order valence-corrected chi connectivity index (χ0v) is 33.1. The van der Waals surface area contributed by atoms with E-state index in [9.17, 15) is 14.4 Å². The lowest BCUT2D eigenvalue weighted by atomic mass is 10.00. The van der Waals surface area contributed by atoms with Gasteiger partial charge in [-0.2, -0.15) is 4.98 Å². The van der Waals surface area contributed by atoms with Gasteiger partial charge in [-0.25, -0.2) is 9.97 Å². The zero-order chi connectivity index (χ0) is 41.4. The van der Waals surface area contributed by atoms with Crippen LogP contribution in [0.5, 0.6) is 28.9 Å². The number of hydrogen-bond acceptors (Lipinski definition) is 11. The summed E-state index contributed by atoms with van der Waals surface area (Å²) in [6, 6.07) is 17.4. The monoisotopic (exact) mass is 796 g/mol. The molecule has 16 nitrogen and oxygen atoms in total. The van der Waals surface area contributed by atoms with Crippen molar-refractivity contribution in [3.05, 3.63) is 150 Å². The average Bonchev–Trinajstić information content (AvgIpc) is 3.88. The number of fused-ring (bicyclic) bond motifs is 2. The van der Waals surface area contributed by atoms with Crippen molar-refractivity contribution in [3.63, 3.8) is 0 Å². The SMILES string of the molecule is COc1cc2nc(Cc3ccc(-n4ccc(C)c4)nc3OCC(c3nc4cc(OC)c(OC)cc4c(=O)[nH]3)c3ccc(-n4ccc(C)c4)[nH]c3=O)[nH]c(=O)c2cc1OC. The molecule has 16 heteroatoms. The highest BCUT2D eigenvalue weighted by molar-refractivity contribution is 5.82. The molecule has 6 aromatic heterocycles. The van der Waals surface area contributed by atoms with Crippen molar-refractivity contribution in [1.29, 1.82) is 0 Å². The van der Waals surface area contributed by atoms with Gasteiger partial charge in [0.25, 0.3) is 16.7 Å². The number of aromatic nitrogens is 8. The number of ether oxygens (including phenoxy) is 5. The normalized spacial score (nSPS) is 11.8. The molecule has 59 heavy (non-hydrogen) atoms. The van der Waals surface area contributed by atoms with E-state index in [1.54, 1.807) is 36.4 Å². The second kappa shape index (κ2) is 15.7. The third kappa shape index (κ3) is 7.50. The summed E-state index contributed by atoms with van der Waals surface area (Å²) in [4.78, 5) is 64.2. The van der Waals surface area contributed by atoms with Gasteiger partial charge in [-0.15, -0.1) is 0 Å². The Balaban J connectivity index is 1.23. The third-order valence-corrected chi connectivity index (χ3v) is 10.0. The minimum Gasteiger partial charge on any atom is -0.493 e. The predicted molar refractivity (Wildman–Crippen MR) is 221 cm³/mol. The molecule has 3 N–H and O–H groups in total. The molecule has 8 aromatic rings. The van der Waals surface area contributed by atoms with Gasteiger partial charge in [0.1, 0.15) is 29.9 Å². The average molecular weight is 797 g/mol. The Kier molecular flexibility index (Phi) is 10.2. The molecule has 0 aliphatic carbocycles. The Morgan fingerprint density at radius 3 is 1.81 bits per heavy atom. The number of nitrogens with zero attached hydrogens (tertiary/aromatic N) is 5. The highest BCUT2D eigenvalue weighted by Crippen LogP contribution is 2.33. The Labute approximate surface area is 336 Å². The standard InChI is InChI=1S/C43H40N8O8/c1-23-11-13-50(20-23)37-10-8-26(40(52)47-37)29(39-45-31-19-35(58-6)33(56-4)17-28(31)42(54)49-39)22-59-43-25(7-9-38(48-43)51-14-12-24(2)21-51)15-36-44-30-18-34(57-5)32(55-3)16-27(30)41(53)46-36/h7-14,16-21,29H,15,22H2,1-6H3,(H,47,52)(H,44,46,53)(H,45,49,54). The number of hydrogen-bond donors (Lipinski definition) is 3. The van der Waals surface area contributed by atoms with Crippen LogP contribution in [0, 0.1) is 13.8 Å². The van der Waals surface area contributed by atoms with Gasteiger partial charge in [-0.3, -0.25) is 14.4 Å². The maximum atomic E-state index is 14.0. The molecule has 0 bridgehead atoms. The second-order valence-corrected chi connectivity index (χ2v) is 13.9. The minimum atomic E-state index is -0.905. The molecule has 300 valence electrons. The van der Waals surface area contributed by atoms with E-state index in [0.29, 0.717) is 62.4 Å². The first-order valence-electron chi connectivity index (χ1n) is 18.5. The van der Waals surface area contributed by atoms with Crippen LogP contribution in [-0.4, -0.2) is 74.1 Å². The second-order valence-electron chi connectivity index (χ2n) is 13.9. The molecular weight excluding hydrogens is 757 g/mol. The summed E-state index contributed by atoms with van der Waals surface area (Å²) in [6.07, 6.45) is 7.68. The summed E-state index contributed by atoms with van der Waals surface area (Å²) in [7, 11) is 5.98. The summed E-state index contributed by atoms with van der Waals surface area (Å²) in [5, 5.41) is 0.600. The van der Waals surface area contributed by atoms with Crippen LogP contribution in [0.4, 0.5) is 0 Å². The lowest BCUT2D eigenvalue weighted by Gasteiger charge is -2.19. The van der Waals surface area contributed by atoms with Gasteiger partial charge < -0.3 is 47.8 Å². The number of methoxy groups -OCH3 is 4. The van der Waals surface area contributed by atoms with Gasteiger partial charge in [-0.05, 0) is 73.5 Å². The number of pyridine rings is 2. The number of rotatable bonds is 13. The van der Waals surface area contributed by atoms with Crippen LogP contribution < -0.4 is 40.4 Å². The topological polar surface area (TPSA) is 193 Å². The molecule has 0 aliphatic rings. The number of benzene rings is 2. The number of H-pyrrole nitrogens is 3. The van der Waals surface area contributed by atoms with Crippen LogP contribution in [0.1, 0.15) is 39.8 Å². The lowest BCUT2D eigenvalue weighted by molar-refractivity contribution is 0.284. The predicted octanol–water partition coefficient (Wildman–Crippen LogP) is 5.28. The van der Waals surface area contributed by atoms with Crippen LogP contribution in [0.15, 0.2) is 99.8 Å². The Hall–Kier alpha value is -7.62. The van der Waals surface area contributed by atoms with E-state index in [-0.39, 0.29) is 41.2 Å². The first-order valence-corrected chi connectivity index (χ1v) is 18.5. The Morgan fingerprint density at radius 2 is 1.22 bits per heavy atom. The molecule has 0 saturated carbocycles. The summed E-state index contributed by atoms with van der Waals surface area (Å²) in [5.41, 5.74) is 2.44. The highest BCUT2D eigenvalue weighted by Gasteiger charge is 2.25. The van der Waals surface area contributed by atoms with E-state index in [2.05, 4.69) is 15.0 Å². The van der Waals surface area contributed by atoms with Crippen LogP contribution in [0.25, 0.3) is 33.4 Å². The van der Waals surface area contributed by atoms with E-state index < -0.39 is 17.0 Å². The smallest absolute Gasteiger partial charge is 0.258 e. The molecule has 0 amide bonds. The van der Waals surface area contributed by atoms with E-state index in [4.69, 9.17) is 38.6 Å². The van der Waals surface area contributed by atoms with Gasteiger partial charge in [0.05, 0.1) is 56.2 Å². The summed E-state index contributed by atoms with van der Waals surface area (Å²) >= 11 is 0. The maximum Gasteiger partial charge on any atom is 0.258 e. The fraction of sp³-hybridized carbons (Fsp3) is 0.209. The number of aryl methyl sites for hydroxylation is 2. The van der Waals surface area contributed by atoms with Gasteiger partial charge in [0, 0.05) is 54.5 Å². The van der Waals surface area contributed by atoms with Crippen LogP contribution in [-0.2, 0) is 6.42 Å². The van der Waals surface area contributed by atoms with Crippen molar-refractivity contribution in [1.82, 2.24) is 39.0 Å². The molecule has 0 fully saturated rings. The largest absolute Gasteiger partial charge is 0.493 e. The molecule has 6 heterocycles. The molecule has 8 rings (SSSR count). The van der Waals surface area contributed by atoms with Gasteiger partial charge in [0.15, 0.2) is 23.0 Å². The molecule has 1 atom stereocenters. The summed E-state index contributed by atoms with van der Waals surface area (Å²) in [5.74, 6) is 2.51. The lowest BCUT2D eigenvalue weighted by Crippen LogP contribution is -2.26. The molecular formula is C43H40N8O8. The molecule has 0 spiro atoms. The number of nitrogens with one attached hydrogen (secondary N) is 3. The van der Waals surface area contributed by atoms with Crippen LogP contribution >= 0.6 is 0 Å². The van der Waals surface area contributed by atoms with Crippen LogP contribution in [0.3, 0.4) is 0 Å². The Bertz CT molecular complexity index is 3050. The summed E-state index contributed by atoms with van der Waals surface area (Å²) < 4.78 is 32.0. The summed E-state index contributed by atoms with van der Waals surface area (Å²) in [6.45, 7) is 3.75. The van der Waals surface area contributed by atoms with Gasteiger partial charge in [0.2, 0.25) is 5.88 Å². The van der Waals surface area contributed by atoms with Crippen molar-refractivity contribution in [2.45, 2.75) is 26.2 Å². The molecule has 0 radical (unpaired) electrons. The van der Waals surface area contributed by atoms with Gasteiger partial charge >= 0.3 is 0 Å². The van der Waals surface area contributed by atoms with Crippen molar-refractivity contribution >= 4 is 21.8 Å². The van der Waals surface area contributed by atoms with E-state index >= 15 is 0 Å². The fourth-order valence-corrected chi connectivity index (χ4v) is 6.97. The third-order valence-electron chi connectivity index (χ3n) is 10.0. The zero-order valence-electron chi connectivity index (χ0n) is 33.1. The van der Waals surface area contributed by atoms with Crippen molar-refractivity contribution in [2.24, 2.45) is 0 Å². The van der Waals surface area contributed by atoms with E-state index in [1.165, 1.54) is 28.4 Å². The maximum absolute atomic E-state index is 14.0. The van der Waals surface area contributed by atoms with E-state index in [1.807, 2.05) is 72.0 Å².